The van der Waals surface area contributed by atoms with Crippen LogP contribution in [0.5, 0.6) is 0 Å². The van der Waals surface area contributed by atoms with Crippen LogP contribution < -0.4 is 11.1 Å². The molecule has 0 spiro atoms. The zero-order chi connectivity index (χ0) is 13.3. The average Bonchev–Trinajstić information content (AvgIpc) is 2.64. The molecule has 3 N–H and O–H groups in total. The van der Waals surface area contributed by atoms with Crippen LogP contribution in [0.2, 0.25) is 0 Å². The van der Waals surface area contributed by atoms with E-state index in [0.29, 0.717) is 5.69 Å². The molecule has 0 aliphatic heterocycles. The normalized spacial score (nSPS) is 12.4. The Kier molecular flexibility index (Phi) is 3.23. The molecule has 2 aromatic heterocycles. The molecular weight excluding hydrogens is 228 g/mol. The van der Waals surface area contributed by atoms with Crippen molar-refractivity contribution in [2.24, 2.45) is 0 Å². The monoisotopic (exact) mass is 246 g/mol. The second kappa shape index (κ2) is 4.68. The Bertz CT molecular complexity index is 543. The van der Waals surface area contributed by atoms with Crippen molar-refractivity contribution in [2.45, 2.75) is 33.7 Å². The average molecular weight is 246 g/mol. The molecule has 1 unspecified atom stereocenters. The minimum atomic E-state index is 0.0896. The topological polar surface area (TPSA) is 77.0 Å². The first-order chi connectivity index (χ1) is 8.49. The number of nitrogens with two attached hydrogens (primary N) is 1. The minimum absolute atomic E-state index is 0.0896. The van der Waals surface area contributed by atoms with Gasteiger partial charge < -0.3 is 15.6 Å². The largest absolute Gasteiger partial charge is 0.397 e. The first-order valence-electron chi connectivity index (χ1n) is 5.91. The number of hydrogen-bond donors (Lipinski definition) is 2. The van der Waals surface area contributed by atoms with Gasteiger partial charge in [-0.3, -0.25) is 0 Å². The van der Waals surface area contributed by atoms with Crippen LogP contribution in [0.4, 0.5) is 11.5 Å². The maximum Gasteiger partial charge on any atom is 0.139 e. The van der Waals surface area contributed by atoms with Crippen LogP contribution in [0.25, 0.3) is 0 Å². The maximum atomic E-state index is 5.75. The Morgan fingerprint density at radius 1 is 1.22 bits per heavy atom. The quantitative estimate of drug-likeness (QED) is 0.870. The fraction of sp³-hybridized carbons (Fsp3) is 0.385. The van der Waals surface area contributed by atoms with Gasteiger partial charge in [0.15, 0.2) is 0 Å². The highest BCUT2D eigenvalue weighted by Gasteiger charge is 2.16. The van der Waals surface area contributed by atoms with Crippen LogP contribution in [0.15, 0.2) is 16.7 Å². The number of nitrogens with zero attached hydrogens (tertiary/aromatic N) is 2. The van der Waals surface area contributed by atoms with E-state index in [-0.39, 0.29) is 6.04 Å². The Labute approximate surface area is 106 Å². The van der Waals surface area contributed by atoms with Crippen molar-refractivity contribution in [3.05, 3.63) is 34.8 Å². The third-order valence-corrected chi connectivity index (χ3v) is 3.01. The van der Waals surface area contributed by atoms with Crippen molar-refractivity contribution in [1.29, 1.82) is 0 Å². The summed E-state index contributed by atoms with van der Waals surface area (Å²) in [6.45, 7) is 7.79. The minimum Gasteiger partial charge on any atom is -0.397 e. The van der Waals surface area contributed by atoms with Crippen LogP contribution in [-0.2, 0) is 0 Å². The van der Waals surface area contributed by atoms with Crippen molar-refractivity contribution in [3.8, 4) is 0 Å². The third-order valence-electron chi connectivity index (χ3n) is 3.01. The SMILES string of the molecule is Cc1nc(NC(C)c2c(C)noc2C)ccc1N. The number of pyridine rings is 1. The van der Waals surface area contributed by atoms with Gasteiger partial charge in [-0.2, -0.15) is 0 Å². The van der Waals surface area contributed by atoms with E-state index in [2.05, 4.69) is 22.4 Å². The van der Waals surface area contributed by atoms with Crippen molar-refractivity contribution in [1.82, 2.24) is 10.1 Å². The van der Waals surface area contributed by atoms with E-state index in [1.165, 1.54) is 0 Å². The van der Waals surface area contributed by atoms with E-state index in [1.54, 1.807) is 0 Å². The zero-order valence-electron chi connectivity index (χ0n) is 11.1. The Morgan fingerprint density at radius 3 is 2.50 bits per heavy atom. The molecule has 0 aliphatic rings. The van der Waals surface area contributed by atoms with Gasteiger partial charge >= 0.3 is 0 Å². The van der Waals surface area contributed by atoms with Gasteiger partial charge in [0.05, 0.1) is 23.1 Å². The molecule has 96 valence electrons. The third kappa shape index (κ3) is 2.30. The van der Waals surface area contributed by atoms with E-state index in [1.807, 2.05) is 32.9 Å². The van der Waals surface area contributed by atoms with Crippen LogP contribution >= 0.6 is 0 Å². The fourth-order valence-corrected chi connectivity index (χ4v) is 2.05. The van der Waals surface area contributed by atoms with Gasteiger partial charge in [0.2, 0.25) is 0 Å². The molecule has 2 heterocycles. The molecule has 0 aliphatic carbocycles. The predicted molar refractivity (Wildman–Crippen MR) is 71.4 cm³/mol. The zero-order valence-corrected chi connectivity index (χ0v) is 11.1. The molecule has 18 heavy (non-hydrogen) atoms. The predicted octanol–water partition coefficient (Wildman–Crippen LogP) is 2.75. The lowest BCUT2D eigenvalue weighted by atomic mass is 10.1. The number of aryl methyl sites for hydroxylation is 3. The summed E-state index contributed by atoms with van der Waals surface area (Å²) in [5, 5.41) is 7.28. The standard InChI is InChI=1S/C13H18N4O/c1-7-11(14)5-6-12(15-7)16-8(2)13-9(3)17-18-10(13)4/h5-6,8H,14H2,1-4H3,(H,15,16). The highest BCUT2D eigenvalue weighted by atomic mass is 16.5. The summed E-state index contributed by atoms with van der Waals surface area (Å²) < 4.78 is 5.17. The van der Waals surface area contributed by atoms with Gasteiger partial charge in [-0.15, -0.1) is 0 Å². The smallest absolute Gasteiger partial charge is 0.139 e. The molecule has 5 heteroatoms. The molecule has 0 bridgehead atoms. The Balaban J connectivity index is 2.21. The van der Waals surface area contributed by atoms with E-state index in [9.17, 15) is 0 Å². The molecule has 2 aromatic rings. The summed E-state index contributed by atoms with van der Waals surface area (Å²) in [4.78, 5) is 4.39. The van der Waals surface area contributed by atoms with E-state index >= 15 is 0 Å². The molecular formula is C13H18N4O. The number of nitrogen functional groups attached to an aromatic ring is 1. The lowest BCUT2D eigenvalue weighted by Gasteiger charge is -2.15. The van der Waals surface area contributed by atoms with Gasteiger partial charge in [-0.05, 0) is 39.8 Å². The molecule has 2 rings (SSSR count). The molecule has 0 amide bonds. The number of hydrogen-bond acceptors (Lipinski definition) is 5. The van der Waals surface area contributed by atoms with Gasteiger partial charge in [-0.1, -0.05) is 5.16 Å². The van der Waals surface area contributed by atoms with E-state index < -0.39 is 0 Å². The molecule has 1 atom stereocenters. The van der Waals surface area contributed by atoms with Crippen molar-refractivity contribution < 1.29 is 4.52 Å². The lowest BCUT2D eigenvalue weighted by molar-refractivity contribution is 0.392. The van der Waals surface area contributed by atoms with Crippen LogP contribution in [0.3, 0.4) is 0 Å². The second-order valence-corrected chi connectivity index (χ2v) is 4.48. The van der Waals surface area contributed by atoms with Crippen LogP contribution in [-0.4, -0.2) is 10.1 Å². The Hall–Kier alpha value is -2.04. The lowest BCUT2D eigenvalue weighted by Crippen LogP contribution is -2.10. The van der Waals surface area contributed by atoms with Gasteiger partial charge in [0, 0.05) is 5.56 Å². The first-order valence-corrected chi connectivity index (χ1v) is 5.91. The molecule has 0 fully saturated rings. The summed E-state index contributed by atoms with van der Waals surface area (Å²) in [6, 6.07) is 3.81. The van der Waals surface area contributed by atoms with E-state index in [4.69, 9.17) is 10.3 Å². The van der Waals surface area contributed by atoms with Gasteiger partial charge in [0.25, 0.3) is 0 Å². The molecule has 5 nitrogen and oxygen atoms in total. The Morgan fingerprint density at radius 2 is 1.94 bits per heavy atom. The molecule has 0 aromatic carbocycles. The van der Waals surface area contributed by atoms with Crippen LogP contribution in [0, 0.1) is 20.8 Å². The van der Waals surface area contributed by atoms with Crippen molar-refractivity contribution in [2.75, 3.05) is 11.1 Å². The number of aromatic nitrogens is 2. The van der Waals surface area contributed by atoms with Crippen molar-refractivity contribution >= 4 is 11.5 Å². The van der Waals surface area contributed by atoms with Crippen molar-refractivity contribution in [3.63, 3.8) is 0 Å². The molecule has 0 radical (unpaired) electrons. The molecule has 0 saturated heterocycles. The summed E-state index contributed by atoms with van der Waals surface area (Å²) in [5.74, 6) is 1.63. The second-order valence-electron chi connectivity index (χ2n) is 4.48. The first kappa shape index (κ1) is 12.4. The summed E-state index contributed by atoms with van der Waals surface area (Å²) >= 11 is 0. The van der Waals surface area contributed by atoms with Gasteiger partial charge in [-0.25, -0.2) is 4.98 Å². The summed E-state index contributed by atoms with van der Waals surface area (Å²) in [6.07, 6.45) is 0. The summed E-state index contributed by atoms with van der Waals surface area (Å²) in [5.41, 5.74) is 9.25. The van der Waals surface area contributed by atoms with E-state index in [0.717, 1.165) is 28.5 Å². The highest BCUT2D eigenvalue weighted by Crippen LogP contribution is 2.24. The highest BCUT2D eigenvalue weighted by molar-refractivity contribution is 5.50. The van der Waals surface area contributed by atoms with Crippen LogP contribution in [0.1, 0.15) is 35.7 Å². The number of anilines is 2. The van der Waals surface area contributed by atoms with Gasteiger partial charge in [0.1, 0.15) is 11.6 Å². The summed E-state index contributed by atoms with van der Waals surface area (Å²) in [7, 11) is 0. The maximum absolute atomic E-state index is 5.75. The number of rotatable bonds is 3. The molecule has 0 saturated carbocycles. The fourth-order valence-electron chi connectivity index (χ4n) is 2.05. The number of nitrogens with one attached hydrogen (secondary N) is 1.